The van der Waals surface area contributed by atoms with Crippen LogP contribution in [0.15, 0.2) is 6.20 Å². The van der Waals surface area contributed by atoms with Crippen molar-refractivity contribution in [3.63, 3.8) is 0 Å². The highest BCUT2D eigenvalue weighted by atomic mass is 19.3. The molecule has 0 saturated heterocycles. The van der Waals surface area contributed by atoms with Crippen LogP contribution in [0.1, 0.15) is 22.3 Å². The van der Waals surface area contributed by atoms with Gasteiger partial charge in [0, 0.05) is 0 Å². The van der Waals surface area contributed by atoms with Gasteiger partial charge in [-0.05, 0) is 0 Å². The average molecular weight is 203 g/mol. The molecule has 0 amide bonds. The Balaban J connectivity index is 3.50. The molecular weight excluding hydrogens is 196 g/mol. The van der Waals surface area contributed by atoms with Crippen molar-refractivity contribution >= 4 is 17.5 Å². The molecule has 76 valence electrons. The van der Waals surface area contributed by atoms with Crippen molar-refractivity contribution in [3.05, 3.63) is 17.3 Å². The van der Waals surface area contributed by atoms with E-state index in [1.165, 1.54) is 0 Å². The number of aromatic nitrogens is 1. The van der Waals surface area contributed by atoms with E-state index >= 15 is 0 Å². The first-order chi connectivity index (χ1) is 6.45. The third kappa shape index (κ3) is 1.56. The highest BCUT2D eigenvalue weighted by Crippen LogP contribution is 2.30. The summed E-state index contributed by atoms with van der Waals surface area (Å²) < 4.78 is 24.8. The first kappa shape index (κ1) is 10.2. The van der Waals surface area contributed by atoms with E-state index in [-0.39, 0.29) is 5.69 Å². The number of pyridine rings is 1. The summed E-state index contributed by atoms with van der Waals surface area (Å²) in [5.74, 6) is -2.07. The van der Waals surface area contributed by atoms with Crippen molar-refractivity contribution in [1.82, 2.24) is 4.98 Å². The van der Waals surface area contributed by atoms with Gasteiger partial charge in [-0.3, -0.25) is 0 Å². The maximum atomic E-state index is 12.4. The van der Waals surface area contributed by atoms with E-state index in [0.29, 0.717) is 0 Å². The summed E-state index contributed by atoms with van der Waals surface area (Å²) in [6.07, 6.45) is -2.08. The van der Waals surface area contributed by atoms with Gasteiger partial charge in [0.2, 0.25) is 0 Å². The highest BCUT2D eigenvalue weighted by molar-refractivity contribution is 5.96. The number of hydrogen-bond acceptors (Lipinski definition) is 4. The number of nitrogens with two attached hydrogens (primary N) is 2. The molecule has 0 bridgehead atoms. The number of alkyl halides is 2. The number of halogens is 2. The van der Waals surface area contributed by atoms with E-state index in [2.05, 4.69) is 4.98 Å². The first-order valence-electron chi connectivity index (χ1n) is 3.50. The van der Waals surface area contributed by atoms with Crippen molar-refractivity contribution < 1.29 is 18.7 Å². The summed E-state index contributed by atoms with van der Waals surface area (Å²) in [6.45, 7) is 0. The first-order valence-corrected chi connectivity index (χ1v) is 3.50. The monoisotopic (exact) mass is 203 g/mol. The Hall–Kier alpha value is -1.92. The molecule has 0 aromatic carbocycles. The molecular formula is C7H7F2N3O2. The zero-order chi connectivity index (χ0) is 10.9. The van der Waals surface area contributed by atoms with E-state index < -0.39 is 29.3 Å². The summed E-state index contributed by atoms with van der Waals surface area (Å²) in [6, 6.07) is 0. The molecule has 0 aliphatic heterocycles. The molecule has 7 heteroatoms. The number of anilines is 2. The van der Waals surface area contributed by atoms with Crippen LogP contribution < -0.4 is 11.5 Å². The van der Waals surface area contributed by atoms with E-state index in [0.717, 1.165) is 6.20 Å². The molecule has 0 aliphatic rings. The summed E-state index contributed by atoms with van der Waals surface area (Å²) >= 11 is 0. The molecule has 1 rings (SSSR count). The Morgan fingerprint density at radius 3 is 2.43 bits per heavy atom. The largest absolute Gasteiger partial charge is 0.478 e. The molecule has 1 aromatic rings. The van der Waals surface area contributed by atoms with Crippen LogP contribution in [-0.2, 0) is 0 Å². The second-order valence-corrected chi connectivity index (χ2v) is 2.49. The van der Waals surface area contributed by atoms with E-state index in [4.69, 9.17) is 16.6 Å². The van der Waals surface area contributed by atoms with Crippen LogP contribution in [0, 0.1) is 0 Å². The minimum Gasteiger partial charge on any atom is -0.478 e. The Morgan fingerprint density at radius 1 is 1.50 bits per heavy atom. The number of carboxylic acids is 1. The molecule has 1 heterocycles. The fourth-order valence-corrected chi connectivity index (χ4v) is 1.02. The minimum absolute atomic E-state index is 0.331. The number of hydrogen-bond donors (Lipinski definition) is 3. The molecule has 0 aliphatic carbocycles. The van der Waals surface area contributed by atoms with Gasteiger partial charge in [-0.15, -0.1) is 0 Å². The van der Waals surface area contributed by atoms with Gasteiger partial charge >= 0.3 is 5.97 Å². The number of nitrogens with zero attached hydrogens (tertiary/aromatic N) is 1. The zero-order valence-electron chi connectivity index (χ0n) is 6.87. The minimum atomic E-state index is -3.02. The summed E-state index contributed by atoms with van der Waals surface area (Å²) in [7, 11) is 0. The van der Waals surface area contributed by atoms with E-state index in [1.807, 2.05) is 0 Å². The highest BCUT2D eigenvalue weighted by Gasteiger charge is 2.24. The molecule has 0 atom stereocenters. The van der Waals surface area contributed by atoms with E-state index in [9.17, 15) is 13.6 Å². The third-order valence-electron chi connectivity index (χ3n) is 1.61. The molecule has 14 heavy (non-hydrogen) atoms. The SMILES string of the molecule is Nc1cnc(N)c(C(F)F)c1C(=O)O. The van der Waals surface area contributed by atoms with Crippen LogP contribution in [-0.4, -0.2) is 16.1 Å². The molecule has 0 saturated carbocycles. The Bertz CT molecular complexity index is 381. The van der Waals surface area contributed by atoms with Crippen molar-refractivity contribution in [3.8, 4) is 0 Å². The van der Waals surface area contributed by atoms with Gasteiger partial charge in [-0.1, -0.05) is 0 Å². The number of carbonyl (C=O) groups is 1. The molecule has 0 spiro atoms. The predicted molar refractivity (Wildman–Crippen MR) is 45.0 cm³/mol. The van der Waals surface area contributed by atoms with Gasteiger partial charge in [0.05, 0.1) is 23.0 Å². The van der Waals surface area contributed by atoms with Crippen LogP contribution in [0.25, 0.3) is 0 Å². The van der Waals surface area contributed by atoms with Gasteiger partial charge in [0.15, 0.2) is 0 Å². The normalized spacial score (nSPS) is 10.5. The molecule has 0 fully saturated rings. The summed E-state index contributed by atoms with van der Waals surface area (Å²) in [5.41, 5.74) is 8.46. The summed E-state index contributed by atoms with van der Waals surface area (Å²) in [5, 5.41) is 8.62. The van der Waals surface area contributed by atoms with Crippen LogP contribution >= 0.6 is 0 Å². The number of aromatic carboxylic acids is 1. The lowest BCUT2D eigenvalue weighted by atomic mass is 10.1. The predicted octanol–water partition coefficient (Wildman–Crippen LogP) is 0.882. The smallest absolute Gasteiger partial charge is 0.338 e. The Labute approximate surface area is 77.3 Å². The van der Waals surface area contributed by atoms with Crippen molar-refractivity contribution in [2.75, 3.05) is 11.5 Å². The lowest BCUT2D eigenvalue weighted by molar-refractivity contribution is 0.0686. The van der Waals surface area contributed by atoms with E-state index in [1.54, 1.807) is 0 Å². The number of rotatable bonds is 2. The van der Waals surface area contributed by atoms with Crippen LogP contribution in [0.3, 0.4) is 0 Å². The second-order valence-electron chi connectivity index (χ2n) is 2.49. The van der Waals surface area contributed by atoms with Crippen LogP contribution in [0.4, 0.5) is 20.3 Å². The second kappa shape index (κ2) is 3.44. The quantitative estimate of drug-likeness (QED) is 0.662. The fourth-order valence-electron chi connectivity index (χ4n) is 1.02. The lowest BCUT2D eigenvalue weighted by Gasteiger charge is -2.09. The maximum absolute atomic E-state index is 12.4. The van der Waals surface area contributed by atoms with Gasteiger partial charge in [-0.2, -0.15) is 0 Å². The molecule has 5 N–H and O–H groups in total. The van der Waals surface area contributed by atoms with Gasteiger partial charge in [0.1, 0.15) is 5.82 Å². The Morgan fingerprint density at radius 2 is 2.07 bits per heavy atom. The number of carboxylic acid groups (broad SMARTS) is 1. The molecule has 5 nitrogen and oxygen atoms in total. The Kier molecular flexibility index (Phi) is 2.50. The zero-order valence-corrected chi connectivity index (χ0v) is 6.87. The summed E-state index contributed by atoms with van der Waals surface area (Å²) in [4.78, 5) is 14.0. The van der Waals surface area contributed by atoms with Crippen molar-refractivity contribution in [1.29, 1.82) is 0 Å². The standard InChI is InChI=1S/C7H7F2N3O2/c8-5(9)4-3(7(13)14)2(10)1-12-6(4)11/h1,5H,10H2,(H2,11,12)(H,13,14). The maximum Gasteiger partial charge on any atom is 0.338 e. The van der Waals surface area contributed by atoms with Crippen LogP contribution in [0.2, 0.25) is 0 Å². The van der Waals surface area contributed by atoms with Crippen molar-refractivity contribution in [2.24, 2.45) is 0 Å². The van der Waals surface area contributed by atoms with Gasteiger partial charge < -0.3 is 16.6 Å². The molecule has 1 aromatic heterocycles. The fraction of sp³-hybridized carbons (Fsp3) is 0.143. The lowest BCUT2D eigenvalue weighted by Crippen LogP contribution is -2.11. The van der Waals surface area contributed by atoms with Crippen molar-refractivity contribution in [2.45, 2.75) is 6.43 Å². The topological polar surface area (TPSA) is 102 Å². The molecule has 0 radical (unpaired) electrons. The van der Waals surface area contributed by atoms with Gasteiger partial charge in [-0.25, -0.2) is 18.6 Å². The van der Waals surface area contributed by atoms with Gasteiger partial charge in [0.25, 0.3) is 6.43 Å². The average Bonchev–Trinajstić information content (AvgIpc) is 2.07. The van der Waals surface area contributed by atoms with Crippen LogP contribution in [0.5, 0.6) is 0 Å². The number of nitrogen functional groups attached to an aromatic ring is 2. The third-order valence-corrected chi connectivity index (χ3v) is 1.61. The molecule has 0 unspecified atom stereocenters.